The van der Waals surface area contributed by atoms with Crippen LogP contribution in [0.5, 0.6) is 0 Å². The van der Waals surface area contributed by atoms with Crippen LogP contribution in [0.3, 0.4) is 0 Å². The van der Waals surface area contributed by atoms with Crippen molar-refractivity contribution in [3.05, 3.63) is 0 Å². The first-order valence-electron chi connectivity index (χ1n) is 7.49. The van der Waals surface area contributed by atoms with Crippen molar-refractivity contribution in [1.82, 2.24) is 5.32 Å². The van der Waals surface area contributed by atoms with Gasteiger partial charge in [0.2, 0.25) is 0 Å². The Morgan fingerprint density at radius 2 is 1.48 bits per heavy atom. The van der Waals surface area contributed by atoms with Gasteiger partial charge in [0.1, 0.15) is 0 Å². The highest BCUT2D eigenvalue weighted by molar-refractivity contribution is 7.49. The van der Waals surface area contributed by atoms with Crippen LogP contribution < -0.4 is 5.32 Å². The number of alkyl halides is 3. The zero-order valence-corrected chi connectivity index (χ0v) is 16.3. The minimum atomic E-state index is -4.90. The number of halogens is 3. The third-order valence-corrected chi connectivity index (χ3v) is 4.51. The molecule has 0 aromatic rings. The predicted molar refractivity (Wildman–Crippen MR) is 87.1 cm³/mol. The Hall–Kier alpha value is -0.670. The molecule has 1 amide bonds. The maximum atomic E-state index is 12.2. The molecule has 0 fully saturated rings. The normalized spacial score (nSPS) is 13.8. The summed E-state index contributed by atoms with van der Waals surface area (Å²) in [6.45, 7) is 7.43. The Morgan fingerprint density at radius 1 is 1.00 bits per heavy atom. The SMILES string of the molecule is COP(=N)(OC)OCC(C)(C)COCC(C)(C)CNC(=O)C(F)(F)F. The van der Waals surface area contributed by atoms with E-state index >= 15 is 0 Å². The zero-order valence-electron chi connectivity index (χ0n) is 15.5. The molecule has 0 unspecified atom stereocenters. The molecule has 0 saturated heterocycles. The number of amides is 1. The third kappa shape index (κ3) is 10.2. The van der Waals surface area contributed by atoms with Crippen LogP contribution in [0.1, 0.15) is 27.7 Å². The molecule has 150 valence electrons. The smallest absolute Gasteiger partial charge is 0.380 e. The largest absolute Gasteiger partial charge is 0.471 e. The van der Waals surface area contributed by atoms with Crippen molar-refractivity contribution in [3.63, 3.8) is 0 Å². The molecule has 0 bridgehead atoms. The van der Waals surface area contributed by atoms with Gasteiger partial charge in [-0.1, -0.05) is 27.7 Å². The molecule has 2 N–H and O–H groups in total. The van der Waals surface area contributed by atoms with E-state index in [0.29, 0.717) is 0 Å². The summed E-state index contributed by atoms with van der Waals surface area (Å²) < 4.78 is 57.2. The van der Waals surface area contributed by atoms with Crippen LogP contribution in [-0.2, 0) is 23.1 Å². The summed E-state index contributed by atoms with van der Waals surface area (Å²) in [6.07, 6.45) is -4.90. The average molecular weight is 392 g/mol. The summed E-state index contributed by atoms with van der Waals surface area (Å²) in [4.78, 5) is 10.8. The lowest BCUT2D eigenvalue weighted by molar-refractivity contribution is -0.174. The number of hydrogen-bond acceptors (Lipinski definition) is 6. The van der Waals surface area contributed by atoms with Crippen LogP contribution in [0.15, 0.2) is 0 Å². The molecule has 0 aromatic carbocycles. The third-order valence-electron chi connectivity index (χ3n) is 3.08. The molecule has 11 heteroatoms. The van der Waals surface area contributed by atoms with Gasteiger partial charge in [-0.2, -0.15) is 13.2 Å². The van der Waals surface area contributed by atoms with Gasteiger partial charge >= 0.3 is 19.8 Å². The van der Waals surface area contributed by atoms with Crippen molar-refractivity contribution >= 4 is 13.6 Å². The Balaban J connectivity index is 4.33. The first kappa shape index (κ1) is 24.3. The summed E-state index contributed by atoms with van der Waals surface area (Å²) in [7, 11) is -0.440. The molecule has 0 radical (unpaired) electrons. The topological polar surface area (TPSA) is 89.9 Å². The van der Waals surface area contributed by atoms with Crippen molar-refractivity contribution in [2.45, 2.75) is 33.9 Å². The summed E-state index contributed by atoms with van der Waals surface area (Å²) in [5, 5.41) is 9.64. The van der Waals surface area contributed by atoms with Gasteiger partial charge in [0.15, 0.2) is 0 Å². The number of rotatable bonds is 11. The molecular formula is C14H28F3N2O5P. The van der Waals surface area contributed by atoms with Gasteiger partial charge in [-0.3, -0.25) is 4.79 Å². The van der Waals surface area contributed by atoms with E-state index in [9.17, 15) is 18.0 Å². The van der Waals surface area contributed by atoms with Gasteiger partial charge in [-0.15, -0.1) is 0 Å². The maximum absolute atomic E-state index is 12.2. The van der Waals surface area contributed by atoms with E-state index in [1.165, 1.54) is 14.2 Å². The molecule has 0 aliphatic carbocycles. The van der Waals surface area contributed by atoms with Gasteiger partial charge in [0, 0.05) is 31.6 Å². The molecule has 25 heavy (non-hydrogen) atoms. The van der Waals surface area contributed by atoms with E-state index in [1.54, 1.807) is 13.8 Å². The highest BCUT2D eigenvalue weighted by atomic mass is 31.2. The number of carbonyl (C=O) groups excluding carboxylic acids is 1. The second-order valence-electron chi connectivity index (χ2n) is 7.14. The molecule has 0 saturated carbocycles. The lowest BCUT2D eigenvalue weighted by atomic mass is 9.93. The molecule has 7 nitrogen and oxygen atoms in total. The van der Waals surface area contributed by atoms with E-state index in [-0.39, 0.29) is 26.4 Å². The maximum Gasteiger partial charge on any atom is 0.471 e. The van der Waals surface area contributed by atoms with E-state index in [1.807, 2.05) is 19.2 Å². The molecule has 0 spiro atoms. The Bertz CT molecular complexity index is 476. The molecule has 0 aliphatic rings. The fourth-order valence-electron chi connectivity index (χ4n) is 1.56. The molecule has 0 aliphatic heterocycles. The lowest BCUT2D eigenvalue weighted by Crippen LogP contribution is -2.43. The van der Waals surface area contributed by atoms with Gasteiger partial charge in [0.05, 0.1) is 19.8 Å². The van der Waals surface area contributed by atoms with Gasteiger partial charge < -0.3 is 23.6 Å². The molecule has 0 rings (SSSR count). The Morgan fingerprint density at radius 3 is 1.92 bits per heavy atom. The van der Waals surface area contributed by atoms with E-state index in [0.717, 1.165) is 0 Å². The van der Waals surface area contributed by atoms with Gasteiger partial charge in [-0.05, 0) is 0 Å². The summed E-state index contributed by atoms with van der Waals surface area (Å²) in [5.74, 6) is -1.97. The van der Waals surface area contributed by atoms with E-state index in [2.05, 4.69) is 0 Å². The highest BCUT2D eigenvalue weighted by Gasteiger charge is 2.39. The van der Waals surface area contributed by atoms with Crippen LogP contribution in [0.25, 0.3) is 0 Å². The summed E-state index contributed by atoms with van der Waals surface area (Å²) in [6, 6.07) is 0. The number of carbonyl (C=O) groups is 1. The zero-order chi connectivity index (χ0) is 19.9. The summed E-state index contributed by atoms with van der Waals surface area (Å²) >= 11 is 0. The molecule has 0 atom stereocenters. The predicted octanol–water partition coefficient (Wildman–Crippen LogP) is 3.57. The van der Waals surface area contributed by atoms with E-state index < -0.39 is 30.6 Å². The lowest BCUT2D eigenvalue weighted by Gasteiger charge is -2.30. The Kier molecular flexibility index (Phi) is 9.07. The van der Waals surface area contributed by atoms with Crippen LogP contribution in [-0.4, -0.2) is 52.7 Å². The fourth-order valence-corrected chi connectivity index (χ4v) is 2.44. The van der Waals surface area contributed by atoms with E-state index in [4.69, 9.17) is 23.5 Å². The van der Waals surface area contributed by atoms with Crippen molar-refractivity contribution < 1.29 is 36.3 Å². The quantitative estimate of drug-likeness (QED) is 0.525. The van der Waals surface area contributed by atoms with Gasteiger partial charge in [-0.25, -0.2) is 5.16 Å². The van der Waals surface area contributed by atoms with Crippen LogP contribution in [0.4, 0.5) is 13.2 Å². The second-order valence-corrected chi connectivity index (χ2v) is 9.12. The summed E-state index contributed by atoms with van der Waals surface area (Å²) in [5.41, 5.74) is -1.14. The first-order chi connectivity index (χ1) is 11.2. The average Bonchev–Trinajstić information content (AvgIpc) is 2.49. The minimum absolute atomic E-state index is 0.143. The van der Waals surface area contributed by atoms with Crippen molar-refractivity contribution in [3.8, 4) is 0 Å². The van der Waals surface area contributed by atoms with Crippen molar-refractivity contribution in [2.75, 3.05) is 40.6 Å². The number of nitrogens with one attached hydrogen (secondary N) is 2. The number of hydrogen-bond donors (Lipinski definition) is 2. The van der Waals surface area contributed by atoms with Crippen LogP contribution >= 0.6 is 7.74 Å². The molecule has 0 aromatic heterocycles. The molecule has 0 heterocycles. The number of ether oxygens (including phenoxy) is 1. The minimum Gasteiger partial charge on any atom is -0.380 e. The monoisotopic (exact) mass is 392 g/mol. The molecular weight excluding hydrogens is 364 g/mol. The van der Waals surface area contributed by atoms with Crippen LogP contribution in [0, 0.1) is 16.0 Å². The second kappa shape index (κ2) is 9.32. The van der Waals surface area contributed by atoms with Crippen molar-refractivity contribution in [1.29, 1.82) is 5.16 Å². The highest BCUT2D eigenvalue weighted by Crippen LogP contribution is 2.49. The first-order valence-corrected chi connectivity index (χ1v) is 9.04. The fraction of sp³-hybridized carbons (Fsp3) is 0.929. The Labute approximate surface area is 146 Å². The van der Waals surface area contributed by atoms with Gasteiger partial charge in [0.25, 0.3) is 0 Å². The standard InChI is InChI=1S/C14H28F3N2O5P/c1-12(2,7-19-11(20)14(15,16)17)8-23-9-13(3,4)10-24-25(18,21-5)22-6/h18H,7-10H2,1-6H3,(H,19,20). The van der Waals surface area contributed by atoms with Crippen molar-refractivity contribution in [2.24, 2.45) is 10.8 Å². The van der Waals surface area contributed by atoms with Crippen LogP contribution in [0.2, 0.25) is 0 Å².